The van der Waals surface area contributed by atoms with E-state index in [1.54, 1.807) is 11.8 Å². The maximum Gasteiger partial charge on any atom is 0.325 e. The summed E-state index contributed by atoms with van der Waals surface area (Å²) in [6.07, 6.45) is 3.80. The molecule has 0 aliphatic carbocycles. The summed E-state index contributed by atoms with van der Waals surface area (Å²) in [5.74, 6) is 0.319. The van der Waals surface area contributed by atoms with Crippen LogP contribution in [-0.4, -0.2) is 94.2 Å². The number of carbonyl (C=O) groups is 4. The Balaban J connectivity index is 1.38. The van der Waals surface area contributed by atoms with Crippen LogP contribution in [-0.2, 0) is 24.1 Å². The molecule has 5 atom stereocenters. The Bertz CT molecular complexity index is 1320. The van der Waals surface area contributed by atoms with Crippen molar-refractivity contribution >= 4 is 43.9 Å². The normalized spacial score (nSPS) is 20.2. The largest absolute Gasteiger partial charge is 0.351 e. The molecule has 2 heterocycles. The van der Waals surface area contributed by atoms with Crippen molar-refractivity contribution in [2.75, 3.05) is 25.5 Å². The number of hydrogen-bond donors (Lipinski definition) is 2. The van der Waals surface area contributed by atoms with Gasteiger partial charge in [0.05, 0.1) is 24.7 Å². The summed E-state index contributed by atoms with van der Waals surface area (Å²) in [6, 6.07) is 7.09. The van der Waals surface area contributed by atoms with Crippen molar-refractivity contribution in [3.63, 3.8) is 0 Å². The van der Waals surface area contributed by atoms with Crippen LogP contribution in [0.5, 0.6) is 0 Å². The lowest BCUT2D eigenvalue weighted by Crippen LogP contribution is -2.41. The van der Waals surface area contributed by atoms with E-state index in [0.717, 1.165) is 24.8 Å². The molecule has 2 aliphatic heterocycles. The molecule has 1 aromatic carbocycles. The lowest BCUT2D eigenvalue weighted by Gasteiger charge is -2.36. The van der Waals surface area contributed by atoms with Gasteiger partial charge in [0.2, 0.25) is 12.5 Å². The number of ketones is 1. The molecule has 0 spiro atoms. The number of amides is 4. The van der Waals surface area contributed by atoms with Crippen LogP contribution < -0.4 is 10.6 Å². The maximum atomic E-state index is 13.3. The van der Waals surface area contributed by atoms with Crippen molar-refractivity contribution in [3.05, 3.63) is 46.8 Å². The molecule has 0 radical (unpaired) electrons. The predicted molar refractivity (Wildman–Crippen MR) is 201 cm³/mol. The number of Topliss-reactive ketones (excluding diaryl/α,β-unsaturated/α-hetero) is 1. The molecule has 13 heteroatoms. The fraction of sp³-hybridized carbons (Fsp3) is 0.703. The number of rotatable bonds is 20. The molecule has 278 valence electrons. The molecule has 2 fully saturated rings. The zero-order chi connectivity index (χ0) is 37.0. The van der Waals surface area contributed by atoms with Crippen LogP contribution in [0.15, 0.2) is 24.3 Å². The average Bonchev–Trinajstić information content (AvgIpc) is 3.60. The van der Waals surface area contributed by atoms with Crippen LogP contribution >= 0.6 is 20.3 Å². The summed E-state index contributed by atoms with van der Waals surface area (Å²) in [6.45, 7) is 24.6. The number of benzene rings is 1. The van der Waals surface area contributed by atoms with Crippen LogP contribution in [0.25, 0.3) is 4.85 Å². The van der Waals surface area contributed by atoms with Crippen LogP contribution in [0.3, 0.4) is 0 Å². The van der Waals surface area contributed by atoms with E-state index in [1.165, 1.54) is 4.90 Å². The molecule has 0 saturated carbocycles. The van der Waals surface area contributed by atoms with Gasteiger partial charge in [0, 0.05) is 47.9 Å². The van der Waals surface area contributed by atoms with Crippen LogP contribution in [0.1, 0.15) is 116 Å². The van der Waals surface area contributed by atoms with Gasteiger partial charge in [-0.25, -0.2) is 16.0 Å². The smallest absolute Gasteiger partial charge is 0.325 e. The van der Waals surface area contributed by atoms with E-state index in [4.69, 9.17) is 15.6 Å². The van der Waals surface area contributed by atoms with Crippen LogP contribution in [0, 0.1) is 6.57 Å². The van der Waals surface area contributed by atoms with Crippen molar-refractivity contribution in [1.29, 1.82) is 0 Å². The molecule has 11 nitrogen and oxygen atoms in total. The van der Waals surface area contributed by atoms with Gasteiger partial charge >= 0.3 is 6.03 Å². The molecule has 0 aromatic heterocycles. The van der Waals surface area contributed by atoms with Crippen molar-refractivity contribution < 1.29 is 28.2 Å². The van der Waals surface area contributed by atoms with E-state index in [-0.39, 0.29) is 90.5 Å². The standard InChI is InChI=1S/C37H58N5O6PS/c1-10-29(23-48-49(47-22-21-38-9)42(25(2)3)26(4)5)39-33(44)20-19-30(43)13-11-12-14-32-34-31(24-50-32)41(36(46)40-34)35(45)27-15-17-28(18-16-27)37(6,7)8/h15-18,25-26,29,31-32,34H,10-14,19-24H2,1-8H3,(H,39,44)(H,40,46)/t29?,31-,32-,34-,49?/m0/s1. The zero-order valence-corrected chi connectivity index (χ0v) is 32.9. The van der Waals surface area contributed by atoms with E-state index < -0.39 is 8.53 Å². The first-order chi connectivity index (χ1) is 23.7. The third kappa shape index (κ3) is 12.0. The molecule has 4 amide bonds. The Labute approximate surface area is 305 Å². The van der Waals surface area contributed by atoms with E-state index in [1.807, 2.05) is 31.2 Å². The zero-order valence-electron chi connectivity index (χ0n) is 31.2. The molecular weight excluding hydrogens is 673 g/mol. The minimum atomic E-state index is -1.39. The Hall–Kier alpha value is -2.55. The molecule has 2 unspecified atom stereocenters. The Kier molecular flexibility index (Phi) is 16.7. The van der Waals surface area contributed by atoms with E-state index in [0.29, 0.717) is 30.8 Å². The van der Waals surface area contributed by atoms with Gasteiger partial charge in [-0.15, -0.1) is 0 Å². The van der Waals surface area contributed by atoms with E-state index >= 15 is 0 Å². The molecule has 3 rings (SSSR count). The molecule has 2 N–H and O–H groups in total. The number of thioether (sulfide) groups is 1. The topological polar surface area (TPSA) is 122 Å². The highest BCUT2D eigenvalue weighted by Gasteiger charge is 2.50. The minimum Gasteiger partial charge on any atom is -0.351 e. The first-order valence-corrected chi connectivity index (χ1v) is 20.2. The van der Waals surface area contributed by atoms with Gasteiger partial charge in [-0.1, -0.05) is 46.2 Å². The monoisotopic (exact) mass is 731 g/mol. The Morgan fingerprint density at radius 3 is 2.36 bits per heavy atom. The molecule has 50 heavy (non-hydrogen) atoms. The van der Waals surface area contributed by atoms with Crippen LogP contribution in [0.4, 0.5) is 4.79 Å². The van der Waals surface area contributed by atoms with Crippen molar-refractivity contribution in [2.24, 2.45) is 0 Å². The first kappa shape index (κ1) is 41.9. The summed E-state index contributed by atoms with van der Waals surface area (Å²) in [4.78, 5) is 56.3. The second-order valence-electron chi connectivity index (χ2n) is 14.7. The Morgan fingerprint density at radius 1 is 1.08 bits per heavy atom. The SMILES string of the molecule is [C-]#[N+]CCOP(OCC(CC)NC(=O)CCC(=O)CCCC[C@@H]1SC[C@H]2[C@@H]1NC(=O)N2C(=O)c1ccc(C(C)(C)C)cc1)N(C(C)C)C(C)C. The summed E-state index contributed by atoms with van der Waals surface area (Å²) in [5, 5.41) is 6.25. The number of carbonyl (C=O) groups excluding carboxylic acids is 4. The molecule has 2 aliphatic rings. The fourth-order valence-electron chi connectivity index (χ4n) is 6.29. The van der Waals surface area contributed by atoms with Gasteiger partial charge in [0.25, 0.3) is 14.4 Å². The quantitative estimate of drug-likeness (QED) is 0.0631. The number of nitrogens with one attached hydrogen (secondary N) is 2. The molecule has 2 saturated heterocycles. The van der Waals surface area contributed by atoms with Crippen molar-refractivity contribution in [1.82, 2.24) is 20.2 Å². The Morgan fingerprint density at radius 2 is 1.76 bits per heavy atom. The number of unbranched alkanes of at least 4 members (excludes halogenated alkanes) is 1. The first-order valence-electron chi connectivity index (χ1n) is 18.0. The third-order valence-electron chi connectivity index (χ3n) is 9.07. The molecule has 0 bridgehead atoms. The van der Waals surface area contributed by atoms with E-state index in [2.05, 4.69) is 68.6 Å². The highest BCUT2D eigenvalue weighted by molar-refractivity contribution is 8.00. The summed E-state index contributed by atoms with van der Waals surface area (Å²) < 4.78 is 14.3. The summed E-state index contributed by atoms with van der Waals surface area (Å²) in [5.41, 5.74) is 1.63. The van der Waals surface area contributed by atoms with Crippen molar-refractivity contribution in [2.45, 2.75) is 141 Å². The van der Waals surface area contributed by atoms with Gasteiger partial charge in [0.15, 0.2) is 0 Å². The number of fused-ring (bicyclic) bond motifs is 1. The maximum absolute atomic E-state index is 13.3. The number of urea groups is 1. The lowest BCUT2D eigenvalue weighted by atomic mass is 9.86. The molecular formula is C37H58N5O6PS. The second kappa shape index (κ2) is 19.9. The average molecular weight is 732 g/mol. The number of nitrogens with zero attached hydrogens (tertiary/aromatic N) is 3. The lowest BCUT2D eigenvalue weighted by molar-refractivity contribution is -0.126. The van der Waals surface area contributed by atoms with Crippen molar-refractivity contribution in [3.8, 4) is 0 Å². The second-order valence-corrected chi connectivity index (χ2v) is 17.4. The van der Waals surface area contributed by atoms with Gasteiger partial charge in [-0.3, -0.25) is 19.3 Å². The van der Waals surface area contributed by atoms with Gasteiger partial charge in [-0.2, -0.15) is 11.8 Å². The highest BCUT2D eigenvalue weighted by Crippen LogP contribution is 2.46. The van der Waals surface area contributed by atoms with E-state index in [9.17, 15) is 19.2 Å². The number of imide groups is 1. The van der Waals surface area contributed by atoms with Gasteiger partial charge in [-0.05, 0) is 70.1 Å². The van der Waals surface area contributed by atoms with Crippen LogP contribution in [0.2, 0.25) is 0 Å². The predicted octanol–water partition coefficient (Wildman–Crippen LogP) is 7.10. The molecule has 1 aromatic rings. The summed E-state index contributed by atoms with van der Waals surface area (Å²) in [7, 11) is -1.39. The highest BCUT2D eigenvalue weighted by atomic mass is 32.2. The van der Waals surface area contributed by atoms with Gasteiger partial charge < -0.3 is 24.5 Å². The van der Waals surface area contributed by atoms with Gasteiger partial charge in [0.1, 0.15) is 12.4 Å². The minimum absolute atomic E-state index is 0.0215. The number of hydrogen-bond acceptors (Lipinski definition) is 8. The fourth-order valence-corrected chi connectivity index (χ4v) is 9.52. The third-order valence-corrected chi connectivity index (χ3v) is 12.6. The summed E-state index contributed by atoms with van der Waals surface area (Å²) >= 11 is 1.78.